The molecule has 2 fully saturated rings. The second-order valence-electron chi connectivity index (χ2n) is 9.87. The summed E-state index contributed by atoms with van der Waals surface area (Å²) in [6.07, 6.45) is 4.54. The summed E-state index contributed by atoms with van der Waals surface area (Å²) in [5.74, 6) is 1.44. The first-order chi connectivity index (χ1) is 14.6. The largest absolute Gasteiger partial charge is 0.444 e. The molecule has 0 saturated carbocycles. The first-order valence-corrected chi connectivity index (χ1v) is 11.9. The smallest absolute Gasteiger partial charge is 0.410 e. The lowest BCUT2D eigenvalue weighted by molar-refractivity contribution is 0.0152. The molecule has 2 heterocycles. The van der Waals surface area contributed by atoms with Gasteiger partial charge in [0.15, 0.2) is 5.78 Å². The third kappa shape index (κ3) is 6.88. The number of ketones is 1. The summed E-state index contributed by atoms with van der Waals surface area (Å²) >= 11 is 4.10. The molecule has 0 spiro atoms. The van der Waals surface area contributed by atoms with Crippen molar-refractivity contribution in [3.8, 4) is 0 Å². The summed E-state index contributed by atoms with van der Waals surface area (Å²) in [6.45, 7) is 9.39. The average Bonchev–Trinajstić information content (AvgIpc) is 2.72. The van der Waals surface area contributed by atoms with E-state index in [1.165, 1.54) is 18.5 Å². The minimum absolute atomic E-state index is 0.0329. The Kier molecular flexibility index (Phi) is 7.92. The first kappa shape index (κ1) is 23.9. The molecule has 31 heavy (non-hydrogen) atoms. The number of thiol groups is 1. The Bertz CT molecular complexity index is 744. The van der Waals surface area contributed by atoms with E-state index in [9.17, 15) is 9.59 Å². The van der Waals surface area contributed by atoms with Crippen molar-refractivity contribution >= 4 is 30.2 Å². The lowest BCUT2D eigenvalue weighted by atomic mass is 9.79. The van der Waals surface area contributed by atoms with E-state index in [1.807, 2.05) is 49.9 Å². The number of amides is 1. The summed E-state index contributed by atoms with van der Waals surface area (Å²) < 4.78 is 5.51. The molecule has 2 saturated heterocycles. The van der Waals surface area contributed by atoms with Crippen LogP contribution in [-0.4, -0.2) is 53.9 Å². The average molecular weight is 448 g/mol. The van der Waals surface area contributed by atoms with Crippen LogP contribution in [0.1, 0.15) is 63.2 Å². The SMILES string of the molecule is CC(C)(C)OC(=O)N1CCC(C2CCN(c3ccc(C(=O)CC(N)S)cc3)CC2)CC1. The molecule has 2 N–H and O–H groups in total. The Morgan fingerprint density at radius 1 is 1.03 bits per heavy atom. The van der Waals surface area contributed by atoms with E-state index in [2.05, 4.69) is 17.5 Å². The van der Waals surface area contributed by atoms with Crippen LogP contribution < -0.4 is 10.6 Å². The van der Waals surface area contributed by atoms with Crippen molar-refractivity contribution in [2.45, 2.75) is 63.9 Å². The van der Waals surface area contributed by atoms with Crippen molar-refractivity contribution in [1.82, 2.24) is 4.90 Å². The van der Waals surface area contributed by atoms with Gasteiger partial charge in [-0.2, -0.15) is 12.6 Å². The van der Waals surface area contributed by atoms with Crippen molar-refractivity contribution in [2.24, 2.45) is 17.6 Å². The van der Waals surface area contributed by atoms with Crippen LogP contribution in [0.25, 0.3) is 0 Å². The third-order valence-electron chi connectivity index (χ3n) is 6.35. The van der Waals surface area contributed by atoms with Crippen LogP contribution >= 0.6 is 12.6 Å². The highest BCUT2D eigenvalue weighted by molar-refractivity contribution is 7.80. The highest BCUT2D eigenvalue weighted by atomic mass is 32.1. The number of carbonyl (C=O) groups excluding carboxylic acids is 2. The Balaban J connectivity index is 1.45. The number of likely N-dealkylation sites (tertiary alicyclic amines) is 1. The van der Waals surface area contributed by atoms with Crippen LogP contribution in [0.4, 0.5) is 10.5 Å². The Hall–Kier alpha value is -1.73. The molecule has 3 rings (SSSR count). The van der Waals surface area contributed by atoms with E-state index in [0.29, 0.717) is 11.5 Å². The first-order valence-electron chi connectivity index (χ1n) is 11.4. The van der Waals surface area contributed by atoms with E-state index < -0.39 is 11.0 Å². The Morgan fingerprint density at radius 3 is 2.03 bits per heavy atom. The van der Waals surface area contributed by atoms with Gasteiger partial charge in [0.2, 0.25) is 0 Å². The van der Waals surface area contributed by atoms with Gasteiger partial charge in [-0.05, 0) is 82.6 Å². The molecule has 0 bridgehead atoms. The number of hydrogen-bond donors (Lipinski definition) is 2. The molecule has 6 nitrogen and oxygen atoms in total. The van der Waals surface area contributed by atoms with Crippen LogP contribution in [-0.2, 0) is 4.74 Å². The molecule has 0 aliphatic carbocycles. The Labute approximate surface area is 191 Å². The number of nitrogens with zero attached hydrogens (tertiary/aromatic N) is 2. The number of benzene rings is 1. The molecule has 1 amide bonds. The summed E-state index contributed by atoms with van der Waals surface area (Å²) in [7, 11) is 0. The zero-order valence-corrected chi connectivity index (χ0v) is 19.9. The van der Waals surface area contributed by atoms with Crippen LogP contribution in [0, 0.1) is 11.8 Å². The molecule has 7 heteroatoms. The highest BCUT2D eigenvalue weighted by Crippen LogP contribution is 2.34. The van der Waals surface area contributed by atoms with Gasteiger partial charge in [-0.3, -0.25) is 4.79 Å². The van der Waals surface area contributed by atoms with E-state index in [1.54, 1.807) is 0 Å². The number of rotatable bonds is 5. The number of ether oxygens (including phenoxy) is 1. The standard InChI is InChI=1S/C24H37N3O3S/c1-24(2,3)30-23(29)27-14-10-18(11-15-27)17-8-12-26(13-9-17)20-6-4-19(5-7-20)21(28)16-22(25)31/h4-7,17-18,22,31H,8-16,25H2,1-3H3. The molecule has 1 atom stereocenters. The number of anilines is 1. The van der Waals surface area contributed by atoms with Gasteiger partial charge in [0.05, 0.1) is 5.37 Å². The van der Waals surface area contributed by atoms with E-state index in [4.69, 9.17) is 10.5 Å². The quantitative estimate of drug-likeness (QED) is 0.399. The van der Waals surface area contributed by atoms with Crippen molar-refractivity contribution in [1.29, 1.82) is 0 Å². The van der Waals surface area contributed by atoms with Gasteiger partial charge < -0.3 is 20.3 Å². The minimum atomic E-state index is -0.439. The lowest BCUT2D eigenvalue weighted by Gasteiger charge is -2.41. The van der Waals surface area contributed by atoms with Gasteiger partial charge in [-0.25, -0.2) is 4.79 Å². The zero-order valence-electron chi connectivity index (χ0n) is 19.0. The van der Waals surface area contributed by atoms with E-state index in [-0.39, 0.29) is 18.3 Å². The van der Waals surface area contributed by atoms with Gasteiger partial charge in [0.25, 0.3) is 0 Å². The van der Waals surface area contributed by atoms with Gasteiger partial charge in [0, 0.05) is 43.9 Å². The topological polar surface area (TPSA) is 75.9 Å². The van der Waals surface area contributed by atoms with E-state index >= 15 is 0 Å². The second-order valence-corrected chi connectivity index (χ2v) is 10.5. The Morgan fingerprint density at radius 2 is 1.55 bits per heavy atom. The number of piperidine rings is 2. The van der Waals surface area contributed by atoms with Crippen LogP contribution in [0.15, 0.2) is 24.3 Å². The summed E-state index contributed by atoms with van der Waals surface area (Å²) in [5, 5.41) is -0.415. The fourth-order valence-corrected chi connectivity index (χ4v) is 4.84. The molecule has 0 radical (unpaired) electrons. The molecule has 0 aromatic heterocycles. The molecule has 2 aliphatic heterocycles. The fraction of sp³-hybridized carbons (Fsp3) is 0.667. The van der Waals surface area contributed by atoms with Crippen LogP contribution in [0.5, 0.6) is 0 Å². The van der Waals surface area contributed by atoms with Crippen molar-refractivity contribution in [3.63, 3.8) is 0 Å². The molecular weight excluding hydrogens is 410 g/mol. The van der Waals surface area contributed by atoms with Crippen LogP contribution in [0.3, 0.4) is 0 Å². The molecule has 1 aromatic carbocycles. The predicted molar refractivity (Wildman–Crippen MR) is 128 cm³/mol. The van der Waals surface area contributed by atoms with Crippen molar-refractivity contribution < 1.29 is 14.3 Å². The minimum Gasteiger partial charge on any atom is -0.444 e. The molecule has 172 valence electrons. The maximum absolute atomic E-state index is 12.3. The third-order valence-corrected chi connectivity index (χ3v) is 6.53. The summed E-state index contributed by atoms with van der Waals surface area (Å²) in [4.78, 5) is 28.7. The molecule has 1 aromatic rings. The van der Waals surface area contributed by atoms with Gasteiger partial charge in [-0.1, -0.05) is 0 Å². The summed E-state index contributed by atoms with van der Waals surface area (Å²) in [5.41, 5.74) is 7.03. The van der Waals surface area contributed by atoms with Gasteiger partial charge >= 0.3 is 6.09 Å². The second kappa shape index (κ2) is 10.3. The zero-order chi connectivity index (χ0) is 22.6. The highest BCUT2D eigenvalue weighted by Gasteiger charge is 2.32. The molecule has 1 unspecified atom stereocenters. The van der Waals surface area contributed by atoms with Gasteiger partial charge in [0.1, 0.15) is 5.60 Å². The monoisotopic (exact) mass is 447 g/mol. The van der Waals surface area contributed by atoms with Crippen molar-refractivity contribution in [3.05, 3.63) is 29.8 Å². The van der Waals surface area contributed by atoms with Gasteiger partial charge in [-0.15, -0.1) is 0 Å². The fourth-order valence-electron chi connectivity index (χ4n) is 4.67. The molecule has 2 aliphatic rings. The number of Topliss-reactive ketones (excluding diaryl/α,β-unsaturated/α-hetero) is 1. The van der Waals surface area contributed by atoms with E-state index in [0.717, 1.165) is 44.9 Å². The van der Waals surface area contributed by atoms with Crippen molar-refractivity contribution in [2.75, 3.05) is 31.1 Å². The summed E-state index contributed by atoms with van der Waals surface area (Å²) in [6, 6.07) is 7.87. The molecular formula is C24H37N3O3S. The normalized spacial score (nSPS) is 19.9. The van der Waals surface area contributed by atoms with Crippen LogP contribution in [0.2, 0.25) is 0 Å². The maximum Gasteiger partial charge on any atom is 0.410 e. The lowest BCUT2D eigenvalue weighted by Crippen LogP contribution is -2.44. The number of hydrogen-bond acceptors (Lipinski definition) is 6. The number of nitrogens with two attached hydrogens (primary N) is 1. The number of carbonyl (C=O) groups is 2. The predicted octanol–water partition coefficient (Wildman–Crippen LogP) is 4.34. The maximum atomic E-state index is 12.3.